The summed E-state index contributed by atoms with van der Waals surface area (Å²) in [7, 11) is -3.77. The third-order valence-electron chi connectivity index (χ3n) is 3.19. The van der Waals surface area contributed by atoms with Gasteiger partial charge in [0, 0.05) is 11.0 Å². The van der Waals surface area contributed by atoms with Crippen molar-refractivity contribution in [3.63, 3.8) is 0 Å². The zero-order valence-corrected chi connectivity index (χ0v) is 14.0. The van der Waals surface area contributed by atoms with Gasteiger partial charge in [-0.05, 0) is 50.0 Å². The normalized spacial score (nSPS) is 18.8. The van der Waals surface area contributed by atoms with Crippen molar-refractivity contribution in [1.82, 2.24) is 10.0 Å². The fourth-order valence-corrected chi connectivity index (χ4v) is 3.57. The quantitative estimate of drug-likeness (QED) is 0.815. The van der Waals surface area contributed by atoms with Gasteiger partial charge in [-0.25, -0.2) is 17.5 Å². The van der Waals surface area contributed by atoms with Crippen LogP contribution < -0.4 is 10.0 Å². The van der Waals surface area contributed by atoms with Crippen LogP contribution in [0.1, 0.15) is 12.8 Å². The summed E-state index contributed by atoms with van der Waals surface area (Å²) in [5.41, 5.74) is 0. The van der Waals surface area contributed by atoms with E-state index in [9.17, 15) is 12.8 Å². The third kappa shape index (κ3) is 4.66. The molecule has 0 aliphatic carbocycles. The summed E-state index contributed by atoms with van der Waals surface area (Å²) in [6.45, 7) is 2.25. The van der Waals surface area contributed by atoms with E-state index in [1.807, 2.05) is 0 Å². The Morgan fingerprint density at radius 2 is 2.20 bits per heavy atom. The van der Waals surface area contributed by atoms with Crippen molar-refractivity contribution in [1.29, 1.82) is 0 Å². The van der Waals surface area contributed by atoms with Crippen LogP contribution in [0.15, 0.2) is 27.6 Å². The molecule has 1 heterocycles. The molecule has 4 nitrogen and oxygen atoms in total. The average Bonchev–Trinajstić information content (AvgIpc) is 2.81. The van der Waals surface area contributed by atoms with Crippen molar-refractivity contribution in [3.8, 4) is 0 Å². The summed E-state index contributed by atoms with van der Waals surface area (Å²) in [6.07, 6.45) is 1.83. The molecule has 1 aliphatic rings. The lowest BCUT2D eigenvalue weighted by Crippen LogP contribution is -2.27. The van der Waals surface area contributed by atoms with Crippen LogP contribution >= 0.6 is 28.3 Å². The largest absolute Gasteiger partial charge is 0.316 e. The Bertz CT molecular complexity index is 550. The fraction of sp³-hybridized carbons (Fsp3) is 0.500. The SMILES string of the molecule is Cl.O=S(=O)(NCCC1CCNC1)c1ccc(Br)cc1F. The van der Waals surface area contributed by atoms with Crippen LogP contribution in [-0.4, -0.2) is 28.1 Å². The molecule has 1 atom stereocenters. The van der Waals surface area contributed by atoms with Crippen LogP contribution in [0.2, 0.25) is 0 Å². The first-order chi connectivity index (χ1) is 8.99. The molecule has 8 heteroatoms. The molecule has 1 aliphatic heterocycles. The maximum absolute atomic E-state index is 13.6. The highest BCUT2D eigenvalue weighted by molar-refractivity contribution is 9.10. The Labute approximate surface area is 133 Å². The highest BCUT2D eigenvalue weighted by Gasteiger charge is 2.20. The van der Waals surface area contributed by atoms with Crippen LogP contribution in [0, 0.1) is 11.7 Å². The summed E-state index contributed by atoms with van der Waals surface area (Å²) in [4.78, 5) is -0.305. The van der Waals surface area contributed by atoms with E-state index in [4.69, 9.17) is 0 Å². The van der Waals surface area contributed by atoms with E-state index in [2.05, 4.69) is 26.0 Å². The van der Waals surface area contributed by atoms with Crippen molar-refractivity contribution in [2.24, 2.45) is 5.92 Å². The highest BCUT2D eigenvalue weighted by atomic mass is 79.9. The molecule has 0 amide bonds. The number of nitrogens with one attached hydrogen (secondary N) is 2. The first-order valence-electron chi connectivity index (χ1n) is 6.14. The minimum atomic E-state index is -3.77. The molecule has 1 fully saturated rings. The molecule has 0 aromatic heterocycles. The van der Waals surface area contributed by atoms with Crippen LogP contribution in [-0.2, 0) is 10.0 Å². The first-order valence-corrected chi connectivity index (χ1v) is 8.42. The predicted octanol–water partition coefficient (Wildman–Crippen LogP) is 2.29. The molecule has 2 rings (SSSR count). The average molecular weight is 388 g/mol. The van der Waals surface area contributed by atoms with E-state index in [0.29, 0.717) is 16.9 Å². The number of halogens is 3. The third-order valence-corrected chi connectivity index (χ3v) is 5.18. The Hall–Kier alpha value is -0.210. The van der Waals surface area contributed by atoms with Gasteiger partial charge in [0.1, 0.15) is 10.7 Å². The minimum Gasteiger partial charge on any atom is -0.316 e. The van der Waals surface area contributed by atoms with E-state index in [-0.39, 0.29) is 17.3 Å². The molecule has 1 aromatic carbocycles. The monoisotopic (exact) mass is 386 g/mol. The van der Waals surface area contributed by atoms with E-state index in [0.717, 1.165) is 32.0 Å². The van der Waals surface area contributed by atoms with Gasteiger partial charge in [0.15, 0.2) is 0 Å². The molecule has 20 heavy (non-hydrogen) atoms. The lowest BCUT2D eigenvalue weighted by atomic mass is 10.1. The molecule has 1 unspecified atom stereocenters. The molecule has 2 N–H and O–H groups in total. The van der Waals surface area contributed by atoms with E-state index >= 15 is 0 Å². The molecule has 1 saturated heterocycles. The summed E-state index contributed by atoms with van der Waals surface area (Å²) >= 11 is 3.10. The molecule has 0 radical (unpaired) electrons. The molecule has 114 valence electrons. The van der Waals surface area contributed by atoms with Gasteiger partial charge in [0.2, 0.25) is 10.0 Å². The van der Waals surface area contributed by atoms with Crippen molar-refractivity contribution >= 4 is 38.4 Å². The smallest absolute Gasteiger partial charge is 0.243 e. The lowest BCUT2D eigenvalue weighted by molar-refractivity contribution is 0.515. The lowest BCUT2D eigenvalue weighted by Gasteiger charge is -2.10. The second kappa shape index (κ2) is 7.70. The topological polar surface area (TPSA) is 58.2 Å². The van der Waals surface area contributed by atoms with Crippen molar-refractivity contribution in [3.05, 3.63) is 28.5 Å². The van der Waals surface area contributed by atoms with Gasteiger partial charge in [-0.15, -0.1) is 12.4 Å². The number of hydrogen-bond acceptors (Lipinski definition) is 3. The van der Waals surface area contributed by atoms with Gasteiger partial charge in [0.05, 0.1) is 0 Å². The predicted molar refractivity (Wildman–Crippen MR) is 82.1 cm³/mol. The van der Waals surface area contributed by atoms with Crippen LogP contribution in [0.3, 0.4) is 0 Å². The minimum absolute atomic E-state index is 0. The van der Waals surface area contributed by atoms with Crippen LogP contribution in [0.4, 0.5) is 4.39 Å². The number of rotatable bonds is 5. The number of benzene rings is 1. The summed E-state index contributed by atoms with van der Waals surface area (Å²) in [6, 6.07) is 3.92. The molecule has 0 saturated carbocycles. The Balaban J connectivity index is 0.00000200. The van der Waals surface area contributed by atoms with E-state index in [1.54, 1.807) is 0 Å². The highest BCUT2D eigenvalue weighted by Crippen LogP contribution is 2.19. The van der Waals surface area contributed by atoms with Gasteiger partial charge in [-0.1, -0.05) is 15.9 Å². The van der Waals surface area contributed by atoms with Crippen molar-refractivity contribution in [2.75, 3.05) is 19.6 Å². The van der Waals surface area contributed by atoms with Crippen LogP contribution in [0.25, 0.3) is 0 Å². The molecular weight excluding hydrogens is 371 g/mol. The zero-order chi connectivity index (χ0) is 13.9. The van der Waals surface area contributed by atoms with E-state index < -0.39 is 15.8 Å². The fourth-order valence-electron chi connectivity index (χ4n) is 2.13. The summed E-state index contributed by atoms with van der Waals surface area (Å²) in [5, 5.41) is 3.22. The molecular formula is C12H17BrClFN2O2S. The first kappa shape index (κ1) is 17.8. The second-order valence-corrected chi connectivity index (χ2v) is 7.27. The van der Waals surface area contributed by atoms with Crippen molar-refractivity contribution in [2.45, 2.75) is 17.7 Å². The van der Waals surface area contributed by atoms with Gasteiger partial charge in [0.25, 0.3) is 0 Å². The zero-order valence-electron chi connectivity index (χ0n) is 10.7. The summed E-state index contributed by atoms with van der Waals surface area (Å²) in [5.74, 6) is -0.248. The number of hydrogen-bond donors (Lipinski definition) is 2. The molecule has 0 bridgehead atoms. The van der Waals surface area contributed by atoms with Crippen LogP contribution in [0.5, 0.6) is 0 Å². The van der Waals surface area contributed by atoms with Crippen molar-refractivity contribution < 1.29 is 12.8 Å². The van der Waals surface area contributed by atoms with Gasteiger partial charge >= 0.3 is 0 Å². The number of sulfonamides is 1. The standard InChI is InChI=1S/C12H16BrFN2O2S.ClH/c13-10-1-2-12(11(14)7-10)19(17,18)16-6-4-9-3-5-15-8-9;/h1-2,7,9,15-16H,3-6,8H2;1H. The Morgan fingerprint density at radius 1 is 1.45 bits per heavy atom. The Morgan fingerprint density at radius 3 is 2.80 bits per heavy atom. The molecule has 1 aromatic rings. The summed E-state index contributed by atoms with van der Waals surface area (Å²) < 4.78 is 40.5. The maximum atomic E-state index is 13.6. The van der Waals surface area contributed by atoms with E-state index in [1.165, 1.54) is 12.1 Å². The van der Waals surface area contributed by atoms with Gasteiger partial charge in [-0.3, -0.25) is 0 Å². The second-order valence-electron chi connectivity index (χ2n) is 4.62. The Kier molecular flexibility index (Phi) is 6.87. The maximum Gasteiger partial charge on any atom is 0.243 e. The molecule has 0 spiro atoms. The van der Waals surface area contributed by atoms with Gasteiger partial charge < -0.3 is 5.32 Å². The van der Waals surface area contributed by atoms with Gasteiger partial charge in [-0.2, -0.15) is 0 Å².